The number of ether oxygens (including phenoxy) is 3. The van der Waals surface area contributed by atoms with E-state index < -0.39 is 18.1 Å². The lowest BCUT2D eigenvalue weighted by Crippen LogP contribution is -2.50. The molecule has 0 aliphatic rings. The number of carbonyl (C=O) groups is 3. The Hall–Kier alpha value is -1.93. The smallest absolute Gasteiger partial charge is 0.362 e. The van der Waals surface area contributed by atoms with Crippen LogP contribution in [0.2, 0.25) is 0 Å². The number of allylic oxidation sites excluding steroid dienone is 2. The first-order valence-corrected chi connectivity index (χ1v) is 24.7. The van der Waals surface area contributed by atoms with Crippen LogP contribution in [0, 0.1) is 0 Å². The van der Waals surface area contributed by atoms with Crippen molar-refractivity contribution in [3.63, 3.8) is 0 Å². The lowest BCUT2D eigenvalue weighted by Gasteiger charge is -2.31. The molecule has 58 heavy (non-hydrogen) atoms. The van der Waals surface area contributed by atoms with Crippen molar-refractivity contribution >= 4 is 17.9 Å². The van der Waals surface area contributed by atoms with Crippen LogP contribution < -0.4 is 0 Å². The molecular formula is C50H96NO7+. The van der Waals surface area contributed by atoms with Gasteiger partial charge in [-0.3, -0.25) is 9.59 Å². The van der Waals surface area contributed by atoms with Crippen molar-refractivity contribution in [2.45, 2.75) is 251 Å². The SMILES string of the molecule is CCCCCCCCCCCCC/C=C/CCCCCCCCCC(=O)OC(COCCC(C(=O)O)[N+](C)(C)C)COC(=O)CCCCCCCCCCCCCC. The molecule has 8 nitrogen and oxygen atoms in total. The second-order valence-corrected chi connectivity index (χ2v) is 18.1. The molecule has 0 radical (unpaired) electrons. The topological polar surface area (TPSA) is 99.1 Å². The molecule has 0 saturated carbocycles. The predicted octanol–water partition coefficient (Wildman–Crippen LogP) is 13.9. The summed E-state index contributed by atoms with van der Waals surface area (Å²) in [5.74, 6) is -1.46. The van der Waals surface area contributed by atoms with E-state index in [1.54, 1.807) is 0 Å². The fourth-order valence-corrected chi connectivity index (χ4v) is 7.56. The highest BCUT2D eigenvalue weighted by molar-refractivity contribution is 5.72. The number of carbonyl (C=O) groups excluding carboxylic acids is 2. The molecule has 8 heteroatoms. The van der Waals surface area contributed by atoms with Crippen LogP contribution in [0.5, 0.6) is 0 Å². The number of aliphatic carboxylic acids is 1. The minimum atomic E-state index is -0.872. The van der Waals surface area contributed by atoms with Crippen LogP contribution in [0.15, 0.2) is 12.2 Å². The molecule has 2 unspecified atom stereocenters. The van der Waals surface area contributed by atoms with Gasteiger partial charge in [-0.05, 0) is 38.5 Å². The summed E-state index contributed by atoms with van der Waals surface area (Å²) in [7, 11) is 5.54. The standard InChI is InChI=1S/C50H95NO7/c1-6-8-10-12-14-16-18-20-21-22-23-24-25-26-27-28-29-31-33-35-37-39-41-49(53)58-46(44-56-43-42-47(50(54)55)51(3,4)5)45-57-48(52)40-38-36-34-32-30-19-17-15-13-11-9-7-2/h25-26,46-47H,6-24,27-45H2,1-5H3/p+1/b26-25+. The Morgan fingerprint density at radius 3 is 1.24 bits per heavy atom. The molecule has 0 aromatic carbocycles. The van der Waals surface area contributed by atoms with Crippen molar-refractivity contribution in [2.24, 2.45) is 0 Å². The maximum Gasteiger partial charge on any atom is 0.362 e. The van der Waals surface area contributed by atoms with Gasteiger partial charge in [0.1, 0.15) is 6.61 Å². The summed E-state index contributed by atoms with van der Waals surface area (Å²) in [6.45, 7) is 4.76. The normalized spacial score (nSPS) is 12.9. The first-order chi connectivity index (χ1) is 28.1. The third-order valence-corrected chi connectivity index (χ3v) is 11.4. The van der Waals surface area contributed by atoms with E-state index in [1.165, 1.54) is 167 Å². The van der Waals surface area contributed by atoms with E-state index >= 15 is 0 Å². The second-order valence-electron chi connectivity index (χ2n) is 18.1. The predicted molar refractivity (Wildman–Crippen MR) is 243 cm³/mol. The van der Waals surface area contributed by atoms with Crippen LogP contribution in [-0.4, -0.2) is 80.6 Å². The van der Waals surface area contributed by atoms with Gasteiger partial charge in [-0.1, -0.05) is 193 Å². The zero-order valence-corrected chi connectivity index (χ0v) is 39.0. The lowest BCUT2D eigenvalue weighted by molar-refractivity contribution is -0.887. The van der Waals surface area contributed by atoms with Gasteiger partial charge in [-0.25, -0.2) is 4.79 Å². The molecule has 0 aliphatic carbocycles. The highest BCUT2D eigenvalue weighted by atomic mass is 16.6. The molecular weight excluding hydrogens is 727 g/mol. The zero-order valence-electron chi connectivity index (χ0n) is 39.0. The number of carboxylic acid groups (broad SMARTS) is 1. The van der Waals surface area contributed by atoms with Crippen molar-refractivity contribution in [1.82, 2.24) is 0 Å². The molecule has 0 rings (SSSR count). The number of rotatable bonds is 45. The molecule has 0 fully saturated rings. The average Bonchev–Trinajstić information content (AvgIpc) is 3.18. The summed E-state index contributed by atoms with van der Waals surface area (Å²) < 4.78 is 17.3. The van der Waals surface area contributed by atoms with E-state index in [9.17, 15) is 19.5 Å². The van der Waals surface area contributed by atoms with Crippen molar-refractivity contribution in [2.75, 3.05) is 41.0 Å². The monoisotopic (exact) mass is 823 g/mol. The highest BCUT2D eigenvalue weighted by Gasteiger charge is 2.31. The number of nitrogens with zero attached hydrogens (tertiary/aromatic N) is 1. The summed E-state index contributed by atoms with van der Waals surface area (Å²) in [6.07, 6.45) is 45.4. The molecule has 2 atom stereocenters. The fraction of sp³-hybridized carbons (Fsp3) is 0.900. The van der Waals surface area contributed by atoms with E-state index in [0.29, 0.717) is 19.3 Å². The van der Waals surface area contributed by atoms with E-state index in [0.717, 1.165) is 38.5 Å². The minimum absolute atomic E-state index is 0.0466. The molecule has 0 aromatic rings. The Bertz CT molecular complexity index is 962. The van der Waals surface area contributed by atoms with Gasteiger partial charge in [0.05, 0.1) is 34.4 Å². The van der Waals surface area contributed by atoms with Gasteiger partial charge < -0.3 is 23.8 Å². The highest BCUT2D eigenvalue weighted by Crippen LogP contribution is 2.16. The van der Waals surface area contributed by atoms with Gasteiger partial charge in [0.2, 0.25) is 0 Å². The number of likely N-dealkylation sites (N-methyl/N-ethyl adjacent to an activating group) is 1. The zero-order chi connectivity index (χ0) is 42.8. The molecule has 0 saturated heterocycles. The number of unbranched alkanes of at least 4 members (excludes halogenated alkanes) is 29. The maximum absolute atomic E-state index is 12.8. The Morgan fingerprint density at radius 1 is 0.500 bits per heavy atom. The molecule has 0 spiro atoms. The van der Waals surface area contributed by atoms with Crippen molar-refractivity contribution in [3.05, 3.63) is 12.2 Å². The van der Waals surface area contributed by atoms with Crippen LogP contribution in [0.3, 0.4) is 0 Å². The maximum atomic E-state index is 12.8. The summed E-state index contributed by atoms with van der Waals surface area (Å²) in [6, 6.07) is -0.611. The molecule has 0 heterocycles. The van der Waals surface area contributed by atoms with Crippen LogP contribution in [-0.2, 0) is 28.6 Å². The van der Waals surface area contributed by atoms with Gasteiger partial charge >= 0.3 is 17.9 Å². The van der Waals surface area contributed by atoms with Gasteiger partial charge in [0.25, 0.3) is 0 Å². The van der Waals surface area contributed by atoms with Crippen molar-refractivity contribution in [1.29, 1.82) is 0 Å². The Labute approximate surface area is 359 Å². The molecule has 0 aliphatic heterocycles. The first kappa shape index (κ1) is 56.1. The summed E-state index contributed by atoms with van der Waals surface area (Å²) in [5.41, 5.74) is 0. The van der Waals surface area contributed by atoms with Crippen molar-refractivity contribution < 1.29 is 38.2 Å². The van der Waals surface area contributed by atoms with E-state index in [4.69, 9.17) is 14.2 Å². The molecule has 1 N–H and O–H groups in total. The van der Waals surface area contributed by atoms with E-state index in [1.807, 2.05) is 21.1 Å². The van der Waals surface area contributed by atoms with Crippen molar-refractivity contribution in [3.8, 4) is 0 Å². The van der Waals surface area contributed by atoms with E-state index in [2.05, 4.69) is 26.0 Å². The molecule has 0 bridgehead atoms. The van der Waals surface area contributed by atoms with Gasteiger partial charge in [-0.2, -0.15) is 0 Å². The Morgan fingerprint density at radius 2 is 0.862 bits per heavy atom. The number of carboxylic acids is 1. The summed E-state index contributed by atoms with van der Waals surface area (Å²) in [4.78, 5) is 37.0. The van der Waals surface area contributed by atoms with Crippen LogP contribution in [0.4, 0.5) is 0 Å². The second kappa shape index (κ2) is 41.8. The van der Waals surface area contributed by atoms with Crippen LogP contribution in [0.25, 0.3) is 0 Å². The average molecular weight is 823 g/mol. The van der Waals surface area contributed by atoms with Crippen LogP contribution >= 0.6 is 0 Å². The molecule has 342 valence electrons. The summed E-state index contributed by atoms with van der Waals surface area (Å²) in [5, 5.41) is 9.63. The van der Waals surface area contributed by atoms with Gasteiger partial charge in [0.15, 0.2) is 12.1 Å². The van der Waals surface area contributed by atoms with Gasteiger partial charge in [-0.15, -0.1) is 0 Å². The first-order valence-electron chi connectivity index (χ1n) is 24.7. The Balaban J connectivity index is 4.20. The quantitative estimate of drug-likeness (QED) is 0.0283. The number of quaternary nitrogens is 1. The molecule has 0 amide bonds. The molecule has 0 aromatic heterocycles. The Kier molecular flexibility index (Phi) is 40.4. The minimum Gasteiger partial charge on any atom is -0.477 e. The lowest BCUT2D eigenvalue weighted by atomic mass is 10.0. The third-order valence-electron chi connectivity index (χ3n) is 11.4. The number of hydrogen-bond acceptors (Lipinski definition) is 6. The number of hydrogen-bond donors (Lipinski definition) is 1. The van der Waals surface area contributed by atoms with E-state index in [-0.39, 0.29) is 36.2 Å². The summed E-state index contributed by atoms with van der Waals surface area (Å²) >= 11 is 0. The largest absolute Gasteiger partial charge is 0.477 e. The third kappa shape index (κ3) is 39.5. The van der Waals surface area contributed by atoms with Gasteiger partial charge in [0, 0.05) is 19.3 Å². The fourth-order valence-electron chi connectivity index (χ4n) is 7.56. The van der Waals surface area contributed by atoms with Crippen LogP contribution in [0.1, 0.15) is 239 Å². The number of esters is 2.